The molecule has 2 aromatic rings. The Bertz CT molecular complexity index is 569. The number of pyridine rings is 1. The van der Waals surface area contributed by atoms with Crippen molar-refractivity contribution in [2.24, 2.45) is 0 Å². The zero-order valence-corrected chi connectivity index (χ0v) is 11.3. The molecule has 19 heavy (non-hydrogen) atoms. The van der Waals surface area contributed by atoms with E-state index in [-0.39, 0.29) is 17.4 Å². The van der Waals surface area contributed by atoms with Crippen LogP contribution >= 0.6 is 11.3 Å². The number of nitrogens with zero attached hydrogens (tertiary/aromatic N) is 1. The first-order valence-electron chi connectivity index (χ1n) is 5.82. The molecule has 6 heteroatoms. The Balaban J connectivity index is 2.12. The summed E-state index contributed by atoms with van der Waals surface area (Å²) < 4.78 is 0. The van der Waals surface area contributed by atoms with Gasteiger partial charge in [0.15, 0.2) is 0 Å². The molecule has 5 nitrogen and oxygen atoms in total. The third kappa shape index (κ3) is 3.45. The van der Waals surface area contributed by atoms with Gasteiger partial charge >= 0.3 is 5.97 Å². The van der Waals surface area contributed by atoms with E-state index in [0.717, 1.165) is 6.42 Å². The molecule has 4 N–H and O–H groups in total. The molecule has 0 aliphatic heterocycles. The van der Waals surface area contributed by atoms with Gasteiger partial charge in [0, 0.05) is 6.04 Å². The van der Waals surface area contributed by atoms with Crippen LogP contribution < -0.4 is 11.1 Å². The lowest BCUT2D eigenvalue weighted by Gasteiger charge is -2.16. The number of aromatic carboxylic acids is 1. The smallest absolute Gasteiger partial charge is 0.337 e. The summed E-state index contributed by atoms with van der Waals surface area (Å²) in [6, 6.07) is 3.53. The summed E-state index contributed by atoms with van der Waals surface area (Å²) >= 11 is 1.65. The molecule has 0 saturated carbocycles. The Labute approximate surface area is 115 Å². The predicted octanol–water partition coefficient (Wildman–Crippen LogP) is 2.47. The highest BCUT2D eigenvalue weighted by atomic mass is 32.1. The van der Waals surface area contributed by atoms with Gasteiger partial charge in [-0.1, -0.05) is 0 Å². The summed E-state index contributed by atoms with van der Waals surface area (Å²) in [5.41, 5.74) is 7.37. The third-order valence-electron chi connectivity index (χ3n) is 2.68. The molecule has 0 aliphatic rings. The van der Waals surface area contributed by atoms with Crippen molar-refractivity contribution in [2.45, 2.75) is 19.4 Å². The van der Waals surface area contributed by atoms with Crippen LogP contribution in [0.2, 0.25) is 0 Å². The van der Waals surface area contributed by atoms with Crippen molar-refractivity contribution in [2.75, 3.05) is 11.1 Å². The fourth-order valence-electron chi connectivity index (χ4n) is 1.84. The standard InChI is InChI=1S/C13H15N3O2S/c1-8(4-9-2-3-19-7-9)16-11-6-15-12(14)5-10(11)13(17)18/h2-3,5-8,16H,4H2,1H3,(H2,14,15)(H,17,18). The molecular weight excluding hydrogens is 262 g/mol. The maximum absolute atomic E-state index is 11.2. The van der Waals surface area contributed by atoms with Crippen LogP contribution in [0.5, 0.6) is 0 Å². The van der Waals surface area contributed by atoms with Gasteiger partial charge in [0.25, 0.3) is 0 Å². The highest BCUT2D eigenvalue weighted by Crippen LogP contribution is 2.19. The van der Waals surface area contributed by atoms with Crippen molar-refractivity contribution in [1.29, 1.82) is 0 Å². The molecular formula is C13H15N3O2S. The molecule has 100 valence electrons. The van der Waals surface area contributed by atoms with E-state index in [4.69, 9.17) is 10.8 Å². The van der Waals surface area contributed by atoms with E-state index in [1.54, 1.807) is 11.3 Å². The first kappa shape index (κ1) is 13.4. The molecule has 2 aromatic heterocycles. The van der Waals surface area contributed by atoms with Crippen molar-refractivity contribution in [3.05, 3.63) is 40.2 Å². The number of rotatable bonds is 5. The second-order valence-corrected chi connectivity index (χ2v) is 5.12. The van der Waals surface area contributed by atoms with Crippen LogP contribution in [0.4, 0.5) is 11.5 Å². The Hall–Kier alpha value is -2.08. The van der Waals surface area contributed by atoms with Crippen molar-refractivity contribution in [1.82, 2.24) is 4.98 Å². The summed E-state index contributed by atoms with van der Waals surface area (Å²) in [5.74, 6) is -0.812. The Morgan fingerprint density at radius 2 is 2.42 bits per heavy atom. The van der Waals surface area contributed by atoms with E-state index < -0.39 is 5.97 Å². The van der Waals surface area contributed by atoms with E-state index in [1.165, 1.54) is 17.8 Å². The number of nitrogens with one attached hydrogen (secondary N) is 1. The lowest BCUT2D eigenvalue weighted by Crippen LogP contribution is -2.20. The number of carbonyl (C=O) groups is 1. The molecule has 0 aliphatic carbocycles. The van der Waals surface area contributed by atoms with Crippen LogP contribution in [-0.4, -0.2) is 22.1 Å². The Morgan fingerprint density at radius 1 is 1.63 bits per heavy atom. The average molecular weight is 277 g/mol. The maximum Gasteiger partial charge on any atom is 0.337 e. The van der Waals surface area contributed by atoms with Crippen LogP contribution in [0.25, 0.3) is 0 Å². The van der Waals surface area contributed by atoms with Gasteiger partial charge < -0.3 is 16.2 Å². The van der Waals surface area contributed by atoms with Crippen LogP contribution in [0, 0.1) is 0 Å². The zero-order chi connectivity index (χ0) is 13.8. The number of thiophene rings is 1. The number of hydrogen-bond acceptors (Lipinski definition) is 5. The Kier molecular flexibility index (Phi) is 4.01. The minimum Gasteiger partial charge on any atom is -0.478 e. The number of aromatic nitrogens is 1. The van der Waals surface area contributed by atoms with E-state index >= 15 is 0 Å². The summed E-state index contributed by atoms with van der Waals surface area (Å²) in [5, 5.41) is 16.4. The highest BCUT2D eigenvalue weighted by Gasteiger charge is 2.13. The fraction of sp³-hybridized carbons (Fsp3) is 0.231. The summed E-state index contributed by atoms with van der Waals surface area (Å²) in [4.78, 5) is 15.1. The first-order chi connectivity index (χ1) is 9.06. The quantitative estimate of drug-likeness (QED) is 0.781. The molecule has 0 aromatic carbocycles. The van der Waals surface area contributed by atoms with Gasteiger partial charge in [-0.15, -0.1) is 0 Å². The number of hydrogen-bond donors (Lipinski definition) is 3. The first-order valence-corrected chi connectivity index (χ1v) is 6.77. The lowest BCUT2D eigenvalue weighted by molar-refractivity contribution is 0.0698. The fourth-order valence-corrected chi connectivity index (χ4v) is 2.52. The summed E-state index contributed by atoms with van der Waals surface area (Å²) in [6.07, 6.45) is 2.29. The molecule has 2 rings (SSSR count). The van der Waals surface area contributed by atoms with Crippen molar-refractivity contribution in [3.63, 3.8) is 0 Å². The lowest BCUT2D eigenvalue weighted by atomic mass is 10.1. The average Bonchev–Trinajstić information content (AvgIpc) is 2.83. The normalized spacial score (nSPS) is 12.1. The largest absolute Gasteiger partial charge is 0.478 e. The molecule has 2 heterocycles. The van der Waals surface area contributed by atoms with Crippen LogP contribution in [0.3, 0.4) is 0 Å². The van der Waals surface area contributed by atoms with Crippen LogP contribution in [0.1, 0.15) is 22.8 Å². The van der Waals surface area contributed by atoms with Crippen LogP contribution in [0.15, 0.2) is 29.1 Å². The SMILES string of the molecule is CC(Cc1ccsc1)Nc1cnc(N)cc1C(=O)O. The van der Waals surface area contributed by atoms with Gasteiger partial charge in [-0.2, -0.15) is 11.3 Å². The van der Waals surface area contributed by atoms with Crippen molar-refractivity contribution < 1.29 is 9.90 Å². The highest BCUT2D eigenvalue weighted by molar-refractivity contribution is 7.07. The van der Waals surface area contributed by atoms with E-state index in [2.05, 4.69) is 21.7 Å². The van der Waals surface area contributed by atoms with Gasteiger partial charge in [0.05, 0.1) is 17.4 Å². The number of nitrogen functional groups attached to an aromatic ring is 1. The third-order valence-corrected chi connectivity index (χ3v) is 3.41. The molecule has 1 unspecified atom stereocenters. The van der Waals surface area contributed by atoms with Gasteiger partial charge in [-0.05, 0) is 41.8 Å². The molecule has 0 fully saturated rings. The monoisotopic (exact) mass is 277 g/mol. The second-order valence-electron chi connectivity index (χ2n) is 4.34. The summed E-state index contributed by atoms with van der Waals surface area (Å²) in [6.45, 7) is 2.00. The van der Waals surface area contributed by atoms with E-state index in [9.17, 15) is 4.79 Å². The number of carboxylic acid groups (broad SMARTS) is 1. The van der Waals surface area contributed by atoms with Crippen molar-refractivity contribution in [3.8, 4) is 0 Å². The Morgan fingerprint density at radius 3 is 3.05 bits per heavy atom. The topological polar surface area (TPSA) is 88.2 Å². The minimum atomic E-state index is -1.01. The summed E-state index contributed by atoms with van der Waals surface area (Å²) in [7, 11) is 0. The van der Waals surface area contributed by atoms with Gasteiger partial charge in [-0.25, -0.2) is 9.78 Å². The van der Waals surface area contributed by atoms with E-state index in [0.29, 0.717) is 5.69 Å². The van der Waals surface area contributed by atoms with E-state index in [1.807, 2.05) is 12.3 Å². The van der Waals surface area contributed by atoms with Gasteiger partial charge in [0.2, 0.25) is 0 Å². The molecule has 0 bridgehead atoms. The van der Waals surface area contributed by atoms with Crippen LogP contribution in [-0.2, 0) is 6.42 Å². The molecule has 0 spiro atoms. The van der Waals surface area contributed by atoms with Gasteiger partial charge in [0.1, 0.15) is 5.82 Å². The molecule has 0 saturated heterocycles. The molecule has 1 atom stereocenters. The number of anilines is 2. The second kappa shape index (κ2) is 5.71. The minimum absolute atomic E-state index is 0.109. The van der Waals surface area contributed by atoms with Crippen molar-refractivity contribution >= 4 is 28.8 Å². The number of carboxylic acids is 1. The molecule has 0 amide bonds. The number of nitrogens with two attached hydrogens (primary N) is 1. The zero-order valence-electron chi connectivity index (χ0n) is 10.5. The predicted molar refractivity (Wildman–Crippen MR) is 76.7 cm³/mol. The molecule has 0 radical (unpaired) electrons. The maximum atomic E-state index is 11.2. The van der Waals surface area contributed by atoms with Gasteiger partial charge in [-0.3, -0.25) is 0 Å².